The zero-order valence-electron chi connectivity index (χ0n) is 12.1. The molecule has 2 rings (SSSR count). The number of hydrogen-bond acceptors (Lipinski definition) is 4. The fourth-order valence-electron chi connectivity index (χ4n) is 2.03. The molecular formula is C13H20Cl2N2O3S. The molecule has 1 heterocycles. The fraction of sp³-hybridized carbons (Fsp3) is 0.538. The van der Waals surface area contributed by atoms with Gasteiger partial charge in [0.2, 0.25) is 10.0 Å². The molecule has 21 heavy (non-hydrogen) atoms. The Bertz CT molecular complexity index is 608. The summed E-state index contributed by atoms with van der Waals surface area (Å²) in [6.45, 7) is 4.14. The molecule has 1 aliphatic rings. The summed E-state index contributed by atoms with van der Waals surface area (Å²) in [5.74, 6) is 0.599. The van der Waals surface area contributed by atoms with E-state index in [1.165, 1.54) is 6.07 Å². The molecule has 0 amide bonds. The van der Waals surface area contributed by atoms with Gasteiger partial charge >= 0.3 is 0 Å². The number of ether oxygens (including phenoxy) is 1. The summed E-state index contributed by atoms with van der Waals surface area (Å²) in [6, 6.07) is 3.13. The molecule has 0 fully saturated rings. The van der Waals surface area contributed by atoms with Crippen molar-refractivity contribution in [3.8, 4) is 5.75 Å². The van der Waals surface area contributed by atoms with Crippen LogP contribution in [0.2, 0.25) is 5.02 Å². The lowest BCUT2D eigenvalue weighted by molar-refractivity contribution is 0.255. The second-order valence-corrected chi connectivity index (χ2v) is 7.24. The van der Waals surface area contributed by atoms with Crippen LogP contribution in [0.3, 0.4) is 0 Å². The highest BCUT2D eigenvalue weighted by Crippen LogP contribution is 2.37. The number of likely N-dealkylation sites (N-methyl/N-ethyl adjacent to an activating group) is 1. The van der Waals surface area contributed by atoms with Crippen LogP contribution in [0.1, 0.15) is 19.4 Å². The highest BCUT2D eigenvalue weighted by Gasteiger charge is 2.25. The summed E-state index contributed by atoms with van der Waals surface area (Å²) in [6.07, 6.45) is 0.698. The van der Waals surface area contributed by atoms with E-state index in [1.54, 1.807) is 13.1 Å². The lowest BCUT2D eigenvalue weighted by Crippen LogP contribution is -2.37. The van der Waals surface area contributed by atoms with Crippen molar-refractivity contribution in [2.24, 2.45) is 0 Å². The number of halogens is 2. The van der Waals surface area contributed by atoms with Crippen LogP contribution in [0.4, 0.5) is 0 Å². The van der Waals surface area contributed by atoms with E-state index in [0.29, 0.717) is 23.7 Å². The van der Waals surface area contributed by atoms with Crippen LogP contribution in [-0.4, -0.2) is 34.2 Å². The maximum atomic E-state index is 12.2. The minimum absolute atomic E-state index is 0. The number of nitrogens with one attached hydrogen (secondary N) is 2. The van der Waals surface area contributed by atoms with Crippen molar-refractivity contribution >= 4 is 34.0 Å². The van der Waals surface area contributed by atoms with Gasteiger partial charge in [-0.3, -0.25) is 0 Å². The molecule has 1 aliphatic heterocycles. The smallest absolute Gasteiger partial charge is 0.240 e. The minimum atomic E-state index is -3.56. The first-order valence-corrected chi connectivity index (χ1v) is 8.35. The topological polar surface area (TPSA) is 67.4 Å². The Kier molecular flexibility index (Phi) is 6.31. The molecule has 0 aliphatic carbocycles. The third-order valence-corrected chi connectivity index (χ3v) is 4.99. The van der Waals surface area contributed by atoms with Gasteiger partial charge < -0.3 is 10.1 Å². The molecule has 120 valence electrons. The number of hydrogen-bond donors (Lipinski definition) is 2. The zero-order valence-corrected chi connectivity index (χ0v) is 14.5. The Labute approximate surface area is 136 Å². The molecule has 0 radical (unpaired) electrons. The average Bonchev–Trinajstić information content (AvgIpc) is 2.77. The van der Waals surface area contributed by atoms with E-state index in [0.717, 1.165) is 5.56 Å². The second kappa shape index (κ2) is 7.15. The zero-order chi connectivity index (χ0) is 14.9. The van der Waals surface area contributed by atoms with Gasteiger partial charge in [-0.25, -0.2) is 13.1 Å². The Morgan fingerprint density at radius 3 is 2.76 bits per heavy atom. The van der Waals surface area contributed by atoms with Crippen LogP contribution in [-0.2, 0) is 16.4 Å². The van der Waals surface area contributed by atoms with Crippen molar-refractivity contribution in [2.75, 3.05) is 13.6 Å². The Balaban J connectivity index is 0.00000220. The predicted molar refractivity (Wildman–Crippen MR) is 86.2 cm³/mol. The number of fused-ring (bicyclic) bond motifs is 1. The van der Waals surface area contributed by atoms with Crippen molar-refractivity contribution in [3.63, 3.8) is 0 Å². The molecule has 0 spiro atoms. The van der Waals surface area contributed by atoms with Gasteiger partial charge in [0.15, 0.2) is 0 Å². The van der Waals surface area contributed by atoms with Crippen molar-refractivity contribution < 1.29 is 13.2 Å². The Morgan fingerprint density at radius 2 is 2.14 bits per heavy atom. The minimum Gasteiger partial charge on any atom is -0.489 e. The molecule has 0 bridgehead atoms. The summed E-state index contributed by atoms with van der Waals surface area (Å²) in [5.41, 5.74) is 0.840. The highest BCUT2D eigenvalue weighted by atomic mass is 35.5. The molecular weight excluding hydrogens is 335 g/mol. The quantitative estimate of drug-likeness (QED) is 0.848. The molecule has 0 saturated heterocycles. The molecule has 0 aromatic heterocycles. The molecule has 1 aromatic rings. The van der Waals surface area contributed by atoms with Crippen LogP contribution in [0.25, 0.3) is 0 Å². The van der Waals surface area contributed by atoms with Gasteiger partial charge in [0.05, 0.1) is 9.92 Å². The number of benzene rings is 1. The van der Waals surface area contributed by atoms with Crippen molar-refractivity contribution in [1.82, 2.24) is 10.0 Å². The third kappa shape index (κ3) is 4.23. The molecule has 2 unspecified atom stereocenters. The summed E-state index contributed by atoms with van der Waals surface area (Å²) in [7, 11) is -1.78. The van der Waals surface area contributed by atoms with Gasteiger partial charge in [-0.05, 0) is 33.0 Å². The van der Waals surface area contributed by atoms with Gasteiger partial charge in [0, 0.05) is 24.6 Å². The van der Waals surface area contributed by atoms with E-state index in [4.69, 9.17) is 16.3 Å². The monoisotopic (exact) mass is 354 g/mol. The van der Waals surface area contributed by atoms with Crippen LogP contribution >= 0.6 is 24.0 Å². The lowest BCUT2D eigenvalue weighted by atomic mass is 10.1. The van der Waals surface area contributed by atoms with Crippen LogP contribution in [0.5, 0.6) is 5.75 Å². The third-order valence-electron chi connectivity index (χ3n) is 3.30. The summed E-state index contributed by atoms with van der Waals surface area (Å²) in [4.78, 5) is 0.183. The van der Waals surface area contributed by atoms with E-state index in [2.05, 4.69) is 10.0 Å². The summed E-state index contributed by atoms with van der Waals surface area (Å²) < 4.78 is 32.6. The molecule has 1 aromatic carbocycles. The molecule has 8 heteroatoms. The largest absolute Gasteiger partial charge is 0.489 e. The summed E-state index contributed by atoms with van der Waals surface area (Å²) >= 11 is 6.11. The van der Waals surface area contributed by atoms with E-state index in [9.17, 15) is 8.42 Å². The first-order chi connectivity index (χ1) is 9.33. The standard InChI is InChI=1S/C13H19ClN2O3S.ClH/c1-8(15-3)7-16-20(17,18)11-5-10-4-9(2)19-13(10)12(14)6-11;/h5-6,8-9,15-16H,4,7H2,1-3H3;1H. The van der Waals surface area contributed by atoms with Crippen LogP contribution < -0.4 is 14.8 Å². The van der Waals surface area contributed by atoms with Gasteiger partial charge in [0.25, 0.3) is 0 Å². The van der Waals surface area contributed by atoms with E-state index >= 15 is 0 Å². The van der Waals surface area contributed by atoms with Gasteiger partial charge in [-0.1, -0.05) is 11.6 Å². The number of rotatable bonds is 5. The van der Waals surface area contributed by atoms with Crippen LogP contribution in [0, 0.1) is 0 Å². The Morgan fingerprint density at radius 1 is 1.48 bits per heavy atom. The van der Waals surface area contributed by atoms with Crippen molar-refractivity contribution in [1.29, 1.82) is 0 Å². The number of sulfonamides is 1. The maximum absolute atomic E-state index is 12.2. The highest BCUT2D eigenvalue weighted by molar-refractivity contribution is 7.89. The second-order valence-electron chi connectivity index (χ2n) is 5.07. The summed E-state index contributed by atoms with van der Waals surface area (Å²) in [5, 5.41) is 3.32. The maximum Gasteiger partial charge on any atom is 0.240 e. The van der Waals surface area contributed by atoms with E-state index < -0.39 is 10.0 Å². The van der Waals surface area contributed by atoms with Gasteiger partial charge in [-0.2, -0.15) is 0 Å². The molecule has 5 nitrogen and oxygen atoms in total. The van der Waals surface area contributed by atoms with Crippen molar-refractivity contribution in [3.05, 3.63) is 22.7 Å². The predicted octanol–water partition coefficient (Wildman–Crippen LogP) is 1.97. The molecule has 2 atom stereocenters. The Hall–Kier alpha value is -0.530. The van der Waals surface area contributed by atoms with E-state index in [1.807, 2.05) is 13.8 Å². The molecule has 2 N–H and O–H groups in total. The van der Waals surface area contributed by atoms with Crippen molar-refractivity contribution in [2.45, 2.75) is 37.3 Å². The normalized spacial score (nSPS) is 18.6. The SMILES string of the molecule is CNC(C)CNS(=O)(=O)c1cc(Cl)c2c(c1)CC(C)O2.Cl. The average molecular weight is 355 g/mol. The van der Waals surface area contributed by atoms with Crippen LogP contribution in [0.15, 0.2) is 17.0 Å². The van der Waals surface area contributed by atoms with Gasteiger partial charge in [-0.15, -0.1) is 12.4 Å². The van der Waals surface area contributed by atoms with Gasteiger partial charge in [0.1, 0.15) is 11.9 Å². The fourth-order valence-corrected chi connectivity index (χ4v) is 3.59. The first-order valence-electron chi connectivity index (χ1n) is 6.49. The lowest BCUT2D eigenvalue weighted by Gasteiger charge is -2.13. The first kappa shape index (κ1) is 18.5. The van der Waals surface area contributed by atoms with E-state index in [-0.39, 0.29) is 29.4 Å². The molecule has 0 saturated carbocycles.